The summed E-state index contributed by atoms with van der Waals surface area (Å²) >= 11 is 9.49. The van der Waals surface area contributed by atoms with E-state index in [4.69, 9.17) is 16.3 Å². The predicted molar refractivity (Wildman–Crippen MR) is 79.9 cm³/mol. The van der Waals surface area contributed by atoms with Gasteiger partial charge in [0.05, 0.1) is 6.61 Å². The molecule has 1 aliphatic rings. The molecular weight excluding hydrogens is 328 g/mol. The zero-order chi connectivity index (χ0) is 13.2. The van der Waals surface area contributed by atoms with Crippen molar-refractivity contribution in [3.8, 4) is 5.75 Å². The molecule has 0 atom stereocenters. The third kappa shape index (κ3) is 2.85. The summed E-state index contributed by atoms with van der Waals surface area (Å²) in [5.74, 6) is 1.80. The highest BCUT2D eigenvalue weighted by Gasteiger charge is 2.17. The summed E-state index contributed by atoms with van der Waals surface area (Å²) in [7, 11) is 0. The molecule has 1 aromatic carbocycles. The van der Waals surface area contributed by atoms with Gasteiger partial charge in [-0.3, -0.25) is 0 Å². The molecule has 1 N–H and O–H groups in total. The summed E-state index contributed by atoms with van der Waals surface area (Å²) in [6.07, 6.45) is 2.70. The van der Waals surface area contributed by atoms with Crippen molar-refractivity contribution in [1.29, 1.82) is 0 Å². The Balaban J connectivity index is 1.78. The normalized spacial score (nSPS) is 12.9. The molecule has 3 nitrogen and oxygen atoms in total. The van der Waals surface area contributed by atoms with E-state index in [1.54, 1.807) is 6.20 Å². The molecule has 0 unspecified atom stereocenters. The van der Waals surface area contributed by atoms with Gasteiger partial charge in [0.15, 0.2) is 0 Å². The molecule has 0 fully saturated rings. The molecule has 0 radical (unpaired) electrons. The average molecular weight is 340 g/mol. The molecule has 2 heterocycles. The average Bonchev–Trinajstić information content (AvgIpc) is 2.85. The van der Waals surface area contributed by atoms with Crippen LogP contribution in [-0.4, -0.2) is 11.6 Å². The van der Waals surface area contributed by atoms with Crippen LogP contribution in [0.25, 0.3) is 0 Å². The Labute approximate surface area is 125 Å². The van der Waals surface area contributed by atoms with Crippen molar-refractivity contribution in [2.45, 2.75) is 13.0 Å². The van der Waals surface area contributed by atoms with Crippen molar-refractivity contribution in [2.24, 2.45) is 0 Å². The molecule has 0 amide bonds. The van der Waals surface area contributed by atoms with Crippen LogP contribution in [0.4, 0.5) is 5.82 Å². The molecule has 0 aliphatic carbocycles. The molecule has 0 bridgehead atoms. The Morgan fingerprint density at radius 2 is 2.26 bits per heavy atom. The lowest BCUT2D eigenvalue weighted by Gasteiger charge is -2.10. The number of fused-ring (bicyclic) bond motifs is 1. The number of anilines is 1. The minimum Gasteiger partial charge on any atom is -0.493 e. The number of rotatable bonds is 3. The first-order valence-electron chi connectivity index (χ1n) is 6.02. The summed E-state index contributed by atoms with van der Waals surface area (Å²) in [6, 6.07) is 7.80. The second-order valence-corrected chi connectivity index (χ2v) is 5.72. The van der Waals surface area contributed by atoms with E-state index in [0.29, 0.717) is 6.54 Å². The lowest BCUT2D eigenvalue weighted by Crippen LogP contribution is -2.03. The number of halogens is 2. The topological polar surface area (TPSA) is 34.2 Å². The summed E-state index contributed by atoms with van der Waals surface area (Å²) in [5, 5.41) is 4.03. The maximum absolute atomic E-state index is 6.13. The first kappa shape index (κ1) is 12.8. The summed E-state index contributed by atoms with van der Waals surface area (Å²) in [4.78, 5) is 4.28. The summed E-state index contributed by atoms with van der Waals surface area (Å²) < 4.78 is 6.63. The Bertz CT molecular complexity index is 601. The van der Waals surface area contributed by atoms with Gasteiger partial charge in [0, 0.05) is 34.2 Å². The fourth-order valence-electron chi connectivity index (χ4n) is 2.14. The van der Waals surface area contributed by atoms with Crippen LogP contribution in [-0.2, 0) is 13.0 Å². The van der Waals surface area contributed by atoms with Gasteiger partial charge in [-0.25, -0.2) is 4.98 Å². The lowest BCUT2D eigenvalue weighted by molar-refractivity contribution is 0.354. The van der Waals surface area contributed by atoms with Crippen molar-refractivity contribution < 1.29 is 4.74 Å². The number of ether oxygens (including phenoxy) is 1. The molecule has 5 heteroatoms. The minimum atomic E-state index is 0.650. The minimum absolute atomic E-state index is 0.650. The maximum Gasteiger partial charge on any atom is 0.127 e. The SMILES string of the molecule is Clc1cc2c(c(CNc3ccc(Br)cn3)c1)OCC2. The van der Waals surface area contributed by atoms with Gasteiger partial charge in [0.25, 0.3) is 0 Å². The second kappa shape index (κ2) is 5.39. The van der Waals surface area contributed by atoms with Crippen LogP contribution in [0.3, 0.4) is 0 Å². The molecule has 98 valence electrons. The first-order valence-corrected chi connectivity index (χ1v) is 7.19. The van der Waals surface area contributed by atoms with Crippen LogP contribution in [0.15, 0.2) is 34.9 Å². The Kier molecular flexibility index (Phi) is 3.62. The van der Waals surface area contributed by atoms with Gasteiger partial charge in [-0.2, -0.15) is 0 Å². The van der Waals surface area contributed by atoms with Crippen molar-refractivity contribution in [1.82, 2.24) is 4.98 Å². The van der Waals surface area contributed by atoms with E-state index in [1.165, 1.54) is 5.56 Å². The third-order valence-electron chi connectivity index (χ3n) is 3.01. The van der Waals surface area contributed by atoms with Gasteiger partial charge in [-0.15, -0.1) is 0 Å². The number of nitrogens with one attached hydrogen (secondary N) is 1. The predicted octanol–water partition coefficient (Wildman–Crippen LogP) is 4.04. The number of hydrogen-bond donors (Lipinski definition) is 1. The maximum atomic E-state index is 6.13. The first-order chi connectivity index (χ1) is 9.22. The molecule has 0 saturated carbocycles. The van der Waals surface area contributed by atoms with Crippen LogP contribution in [0, 0.1) is 0 Å². The van der Waals surface area contributed by atoms with E-state index in [9.17, 15) is 0 Å². The highest BCUT2D eigenvalue weighted by atomic mass is 79.9. The Morgan fingerprint density at radius 1 is 1.37 bits per heavy atom. The van der Waals surface area contributed by atoms with E-state index in [0.717, 1.165) is 39.7 Å². The highest BCUT2D eigenvalue weighted by Crippen LogP contribution is 2.33. The zero-order valence-electron chi connectivity index (χ0n) is 10.1. The van der Waals surface area contributed by atoms with Gasteiger partial charge >= 0.3 is 0 Å². The van der Waals surface area contributed by atoms with Gasteiger partial charge in [0.2, 0.25) is 0 Å². The van der Waals surface area contributed by atoms with E-state index < -0.39 is 0 Å². The number of aromatic nitrogens is 1. The third-order valence-corrected chi connectivity index (χ3v) is 3.70. The van der Waals surface area contributed by atoms with E-state index in [1.807, 2.05) is 24.3 Å². The van der Waals surface area contributed by atoms with Crippen molar-refractivity contribution in [3.05, 3.63) is 51.1 Å². The number of benzene rings is 1. The Hall–Kier alpha value is -1.26. The molecule has 0 spiro atoms. The second-order valence-electron chi connectivity index (χ2n) is 4.37. The summed E-state index contributed by atoms with van der Waals surface area (Å²) in [6.45, 7) is 1.39. The van der Waals surface area contributed by atoms with Gasteiger partial charge in [-0.05, 0) is 45.8 Å². The van der Waals surface area contributed by atoms with E-state index >= 15 is 0 Å². The highest BCUT2D eigenvalue weighted by molar-refractivity contribution is 9.10. The molecule has 0 saturated heterocycles. The standard InChI is InChI=1S/C14H12BrClN2O/c15-11-1-2-13(18-8-11)17-7-10-6-12(16)5-9-3-4-19-14(9)10/h1-2,5-6,8H,3-4,7H2,(H,17,18). The lowest BCUT2D eigenvalue weighted by atomic mass is 10.1. The molecule has 1 aromatic heterocycles. The van der Waals surface area contributed by atoms with Crippen molar-refractivity contribution >= 4 is 33.3 Å². The van der Waals surface area contributed by atoms with Crippen LogP contribution in [0.1, 0.15) is 11.1 Å². The van der Waals surface area contributed by atoms with E-state index in [2.05, 4.69) is 26.2 Å². The van der Waals surface area contributed by atoms with Crippen LogP contribution >= 0.6 is 27.5 Å². The van der Waals surface area contributed by atoms with Crippen LogP contribution < -0.4 is 10.1 Å². The number of hydrogen-bond acceptors (Lipinski definition) is 3. The van der Waals surface area contributed by atoms with Crippen LogP contribution in [0.2, 0.25) is 5.02 Å². The fraction of sp³-hybridized carbons (Fsp3) is 0.214. The van der Waals surface area contributed by atoms with E-state index in [-0.39, 0.29) is 0 Å². The fourth-order valence-corrected chi connectivity index (χ4v) is 2.64. The van der Waals surface area contributed by atoms with Crippen LogP contribution in [0.5, 0.6) is 5.75 Å². The molecule has 3 rings (SSSR count). The van der Waals surface area contributed by atoms with Gasteiger partial charge in [-0.1, -0.05) is 11.6 Å². The smallest absolute Gasteiger partial charge is 0.127 e. The van der Waals surface area contributed by atoms with Crippen molar-refractivity contribution in [3.63, 3.8) is 0 Å². The molecular formula is C14H12BrClN2O. The zero-order valence-corrected chi connectivity index (χ0v) is 12.5. The monoisotopic (exact) mass is 338 g/mol. The van der Waals surface area contributed by atoms with Crippen molar-refractivity contribution in [2.75, 3.05) is 11.9 Å². The molecule has 19 heavy (non-hydrogen) atoms. The van der Waals surface area contributed by atoms with Gasteiger partial charge in [0.1, 0.15) is 11.6 Å². The largest absolute Gasteiger partial charge is 0.493 e. The van der Waals surface area contributed by atoms with Gasteiger partial charge < -0.3 is 10.1 Å². The Morgan fingerprint density at radius 3 is 3.05 bits per heavy atom. The summed E-state index contributed by atoms with van der Waals surface area (Å²) in [5.41, 5.74) is 2.26. The quantitative estimate of drug-likeness (QED) is 0.916. The molecule has 2 aromatic rings. The number of nitrogens with zero attached hydrogens (tertiary/aromatic N) is 1. The number of pyridine rings is 1. The molecule has 1 aliphatic heterocycles.